The molecule has 2 aromatic carbocycles. The van der Waals surface area contributed by atoms with E-state index in [4.69, 9.17) is 4.74 Å². The number of fused-ring (bicyclic) bond motifs is 1. The zero-order valence-electron chi connectivity index (χ0n) is 13.6. The van der Waals surface area contributed by atoms with E-state index in [0.29, 0.717) is 35.8 Å². The fourth-order valence-corrected chi connectivity index (χ4v) is 2.85. The number of carbonyl (C=O) groups excluding carboxylic acids is 1. The lowest BCUT2D eigenvalue weighted by Crippen LogP contribution is -2.44. The largest absolute Gasteiger partial charge is 0.497 e. The van der Waals surface area contributed by atoms with E-state index in [-0.39, 0.29) is 5.82 Å². The summed E-state index contributed by atoms with van der Waals surface area (Å²) < 4.78 is 18.6. The summed E-state index contributed by atoms with van der Waals surface area (Å²) in [5.41, 5.74) is 1.69. The summed E-state index contributed by atoms with van der Waals surface area (Å²) in [5, 5.41) is 10.5. The van der Waals surface area contributed by atoms with E-state index in [1.54, 1.807) is 30.3 Å². The molecule has 3 rings (SSSR count). The standard InChI is InChI=1S/C18H19FN2O3/c1-20-8-9-21(15-7-6-13(19)11-16(15)20)18(23)17(22)12-4-3-5-14(10-12)24-2/h3-7,10-11,17,22H,8-9H2,1-2H3. The molecule has 0 spiro atoms. The third kappa shape index (κ3) is 2.92. The molecule has 6 heteroatoms. The number of anilines is 2. The van der Waals surface area contributed by atoms with Crippen molar-refractivity contribution in [1.82, 2.24) is 0 Å². The van der Waals surface area contributed by atoms with Gasteiger partial charge in [0.15, 0.2) is 6.10 Å². The van der Waals surface area contributed by atoms with Gasteiger partial charge in [-0.25, -0.2) is 4.39 Å². The summed E-state index contributed by atoms with van der Waals surface area (Å²) >= 11 is 0. The lowest BCUT2D eigenvalue weighted by molar-refractivity contribution is -0.126. The third-order valence-electron chi connectivity index (χ3n) is 4.21. The van der Waals surface area contributed by atoms with Crippen LogP contribution in [0.15, 0.2) is 42.5 Å². The van der Waals surface area contributed by atoms with E-state index in [1.165, 1.54) is 24.1 Å². The first-order chi connectivity index (χ1) is 11.5. The summed E-state index contributed by atoms with van der Waals surface area (Å²) in [5.74, 6) is -0.229. The van der Waals surface area contributed by atoms with Gasteiger partial charge in [-0.1, -0.05) is 12.1 Å². The van der Waals surface area contributed by atoms with Crippen molar-refractivity contribution < 1.29 is 19.0 Å². The molecule has 1 amide bonds. The SMILES string of the molecule is COc1cccc(C(O)C(=O)N2CCN(C)c3cc(F)ccc32)c1. The summed E-state index contributed by atoms with van der Waals surface area (Å²) in [7, 11) is 3.37. The summed E-state index contributed by atoms with van der Waals surface area (Å²) in [6, 6.07) is 11.0. The van der Waals surface area contributed by atoms with Crippen LogP contribution in [0.25, 0.3) is 0 Å². The highest BCUT2D eigenvalue weighted by Crippen LogP contribution is 2.34. The van der Waals surface area contributed by atoms with Crippen LogP contribution in [-0.4, -0.2) is 38.3 Å². The molecular weight excluding hydrogens is 311 g/mol. The lowest BCUT2D eigenvalue weighted by atomic mass is 10.1. The minimum absolute atomic E-state index is 0.358. The van der Waals surface area contributed by atoms with Gasteiger partial charge in [0.05, 0.1) is 18.5 Å². The molecule has 1 heterocycles. The lowest BCUT2D eigenvalue weighted by Gasteiger charge is -2.36. The summed E-state index contributed by atoms with van der Waals surface area (Å²) in [6.45, 7) is 0.988. The van der Waals surface area contributed by atoms with Crippen molar-refractivity contribution in [2.75, 3.05) is 37.0 Å². The highest BCUT2D eigenvalue weighted by molar-refractivity contribution is 6.00. The van der Waals surface area contributed by atoms with Crippen LogP contribution in [-0.2, 0) is 4.79 Å². The fraction of sp³-hybridized carbons (Fsp3) is 0.278. The van der Waals surface area contributed by atoms with Crippen LogP contribution >= 0.6 is 0 Å². The molecule has 0 aliphatic carbocycles. The van der Waals surface area contributed by atoms with Crippen LogP contribution in [0, 0.1) is 5.82 Å². The first-order valence-electron chi connectivity index (χ1n) is 7.65. The highest BCUT2D eigenvalue weighted by atomic mass is 19.1. The summed E-state index contributed by atoms with van der Waals surface area (Å²) in [6.07, 6.45) is -1.30. The number of rotatable bonds is 3. The van der Waals surface area contributed by atoms with Crippen LogP contribution in [0.4, 0.5) is 15.8 Å². The number of aliphatic hydroxyl groups excluding tert-OH is 1. The molecular formula is C18H19FN2O3. The van der Waals surface area contributed by atoms with Gasteiger partial charge in [-0.3, -0.25) is 4.79 Å². The van der Waals surface area contributed by atoms with Gasteiger partial charge in [-0.05, 0) is 35.9 Å². The Labute approximate surface area is 139 Å². The van der Waals surface area contributed by atoms with Crippen molar-refractivity contribution in [3.8, 4) is 5.75 Å². The number of carbonyl (C=O) groups is 1. The number of hydrogen-bond acceptors (Lipinski definition) is 4. The molecule has 0 radical (unpaired) electrons. The molecule has 0 saturated heterocycles. The Bertz CT molecular complexity index is 766. The molecule has 1 aliphatic heterocycles. The van der Waals surface area contributed by atoms with Crippen molar-refractivity contribution in [1.29, 1.82) is 0 Å². The van der Waals surface area contributed by atoms with Crippen molar-refractivity contribution >= 4 is 17.3 Å². The number of amides is 1. The van der Waals surface area contributed by atoms with Crippen LogP contribution < -0.4 is 14.5 Å². The van der Waals surface area contributed by atoms with E-state index >= 15 is 0 Å². The molecule has 0 bridgehead atoms. The van der Waals surface area contributed by atoms with Crippen molar-refractivity contribution in [2.45, 2.75) is 6.10 Å². The molecule has 0 saturated carbocycles. The molecule has 5 nitrogen and oxygen atoms in total. The van der Waals surface area contributed by atoms with E-state index in [2.05, 4.69) is 0 Å². The minimum Gasteiger partial charge on any atom is -0.497 e. The van der Waals surface area contributed by atoms with E-state index in [1.807, 2.05) is 11.9 Å². The topological polar surface area (TPSA) is 53.0 Å². The number of aliphatic hydroxyl groups is 1. The van der Waals surface area contributed by atoms with Crippen molar-refractivity contribution in [3.05, 3.63) is 53.8 Å². The zero-order valence-corrected chi connectivity index (χ0v) is 13.6. The van der Waals surface area contributed by atoms with Gasteiger partial charge in [0.2, 0.25) is 0 Å². The number of hydrogen-bond donors (Lipinski definition) is 1. The molecule has 24 heavy (non-hydrogen) atoms. The molecule has 126 valence electrons. The predicted octanol–water partition coefficient (Wildman–Crippen LogP) is 2.35. The van der Waals surface area contributed by atoms with E-state index in [9.17, 15) is 14.3 Å². The monoisotopic (exact) mass is 330 g/mol. The molecule has 1 aliphatic rings. The second-order valence-electron chi connectivity index (χ2n) is 5.72. The van der Waals surface area contributed by atoms with Gasteiger partial charge in [0.1, 0.15) is 11.6 Å². The number of nitrogens with zero attached hydrogens (tertiary/aromatic N) is 2. The zero-order chi connectivity index (χ0) is 17.3. The number of benzene rings is 2. The molecule has 0 aromatic heterocycles. The highest BCUT2D eigenvalue weighted by Gasteiger charge is 2.30. The number of ether oxygens (including phenoxy) is 1. The quantitative estimate of drug-likeness (QED) is 0.939. The van der Waals surface area contributed by atoms with Crippen LogP contribution in [0.3, 0.4) is 0 Å². The smallest absolute Gasteiger partial charge is 0.260 e. The second-order valence-corrected chi connectivity index (χ2v) is 5.72. The van der Waals surface area contributed by atoms with Crippen molar-refractivity contribution in [2.24, 2.45) is 0 Å². The van der Waals surface area contributed by atoms with Gasteiger partial charge in [0, 0.05) is 20.1 Å². The predicted molar refractivity (Wildman–Crippen MR) is 90.0 cm³/mol. The van der Waals surface area contributed by atoms with Gasteiger partial charge < -0.3 is 19.6 Å². The van der Waals surface area contributed by atoms with Gasteiger partial charge >= 0.3 is 0 Å². The second kappa shape index (κ2) is 6.49. The first kappa shape index (κ1) is 16.3. The average Bonchev–Trinajstić information content (AvgIpc) is 2.61. The Morgan fingerprint density at radius 1 is 1.21 bits per heavy atom. The Kier molecular flexibility index (Phi) is 4.40. The third-order valence-corrected chi connectivity index (χ3v) is 4.21. The van der Waals surface area contributed by atoms with Crippen LogP contribution in [0.5, 0.6) is 5.75 Å². The maximum absolute atomic E-state index is 13.5. The van der Waals surface area contributed by atoms with Crippen molar-refractivity contribution in [3.63, 3.8) is 0 Å². The molecule has 1 unspecified atom stereocenters. The van der Waals surface area contributed by atoms with Gasteiger partial charge in [0.25, 0.3) is 5.91 Å². The van der Waals surface area contributed by atoms with E-state index < -0.39 is 12.0 Å². The van der Waals surface area contributed by atoms with Gasteiger partial charge in [-0.15, -0.1) is 0 Å². The minimum atomic E-state index is -1.30. The number of likely N-dealkylation sites (N-methyl/N-ethyl adjacent to an activating group) is 1. The molecule has 1 N–H and O–H groups in total. The van der Waals surface area contributed by atoms with E-state index in [0.717, 1.165) is 0 Å². The summed E-state index contributed by atoms with van der Waals surface area (Å²) in [4.78, 5) is 16.2. The molecule has 1 atom stereocenters. The normalized spacial score (nSPS) is 15.0. The molecule has 0 fully saturated rings. The van der Waals surface area contributed by atoms with Gasteiger partial charge in [-0.2, -0.15) is 0 Å². The maximum Gasteiger partial charge on any atom is 0.260 e. The Morgan fingerprint density at radius 3 is 2.75 bits per heavy atom. The Hall–Kier alpha value is -2.60. The number of methoxy groups -OCH3 is 1. The maximum atomic E-state index is 13.5. The first-order valence-corrected chi connectivity index (χ1v) is 7.65. The fourth-order valence-electron chi connectivity index (χ4n) is 2.85. The van der Waals surface area contributed by atoms with Crippen LogP contribution in [0.2, 0.25) is 0 Å². The number of halogens is 1. The Balaban J connectivity index is 1.91. The Morgan fingerprint density at radius 2 is 2.00 bits per heavy atom. The average molecular weight is 330 g/mol. The molecule has 2 aromatic rings. The van der Waals surface area contributed by atoms with Crippen LogP contribution in [0.1, 0.15) is 11.7 Å².